The van der Waals surface area contributed by atoms with Crippen molar-refractivity contribution in [1.29, 1.82) is 0 Å². The van der Waals surface area contributed by atoms with Gasteiger partial charge >= 0.3 is 5.97 Å². The van der Waals surface area contributed by atoms with Crippen molar-refractivity contribution in [3.05, 3.63) is 41.6 Å². The third-order valence-electron chi connectivity index (χ3n) is 4.17. The summed E-state index contributed by atoms with van der Waals surface area (Å²) in [6.45, 7) is 4.70. The van der Waals surface area contributed by atoms with E-state index in [0.29, 0.717) is 0 Å². The third kappa shape index (κ3) is 3.78. The summed E-state index contributed by atoms with van der Waals surface area (Å²) in [6, 6.07) is 9.85. The topological polar surface area (TPSA) is 67.6 Å². The Kier molecular flexibility index (Phi) is 4.73. The summed E-state index contributed by atoms with van der Waals surface area (Å²) in [7, 11) is 1.76. The minimum Gasteiger partial charge on any atom is -0.476 e. The number of hydrogen-bond acceptors (Lipinski definition) is 4. The number of hydrogen-bond donors (Lipinski definition) is 1. The minimum atomic E-state index is -1.01. The average Bonchev–Trinajstić information content (AvgIpc) is 2.97. The molecule has 0 radical (unpaired) electrons. The Morgan fingerprint density at radius 3 is 2.57 bits per heavy atom. The average molecular weight is 315 g/mol. The summed E-state index contributed by atoms with van der Waals surface area (Å²) >= 11 is 0. The lowest BCUT2D eigenvalue weighted by molar-refractivity contribution is 0.0384. The first kappa shape index (κ1) is 15.7. The highest BCUT2D eigenvalue weighted by molar-refractivity contribution is 5.87. The van der Waals surface area contributed by atoms with Gasteiger partial charge in [0.15, 0.2) is 5.69 Å². The molecule has 0 saturated carbocycles. The number of carboxylic acid groups (broad SMARTS) is 1. The van der Waals surface area contributed by atoms with Crippen LogP contribution in [0.25, 0.3) is 11.3 Å². The standard InChI is InChI=1S/C17H21N3O3/c1-19-16(12-15(18-19)17(21)22)14-4-2-13(3-5-14)6-7-20-8-10-23-11-9-20/h2-5,12H,6-11H2,1H3,(H,21,22). The molecule has 23 heavy (non-hydrogen) atoms. The molecule has 2 heterocycles. The fraction of sp³-hybridized carbons (Fsp3) is 0.412. The van der Waals surface area contributed by atoms with Crippen molar-refractivity contribution in [2.24, 2.45) is 7.05 Å². The molecule has 6 nitrogen and oxygen atoms in total. The molecule has 6 heteroatoms. The Labute approximate surface area is 135 Å². The molecule has 0 bridgehead atoms. The lowest BCUT2D eigenvalue weighted by Gasteiger charge is -2.26. The maximum atomic E-state index is 11.0. The summed E-state index contributed by atoms with van der Waals surface area (Å²) in [4.78, 5) is 13.4. The first-order valence-electron chi connectivity index (χ1n) is 7.80. The van der Waals surface area contributed by atoms with Crippen molar-refractivity contribution in [2.75, 3.05) is 32.8 Å². The molecule has 3 rings (SSSR count). The molecule has 2 aromatic rings. The number of morpholine rings is 1. The molecule has 1 fully saturated rings. The summed E-state index contributed by atoms with van der Waals surface area (Å²) in [5, 5.41) is 13.0. The van der Waals surface area contributed by atoms with E-state index in [1.54, 1.807) is 17.8 Å². The summed E-state index contributed by atoms with van der Waals surface area (Å²) in [5.74, 6) is -1.01. The fourth-order valence-electron chi connectivity index (χ4n) is 2.80. The quantitative estimate of drug-likeness (QED) is 0.909. The molecular formula is C17H21N3O3. The summed E-state index contributed by atoms with van der Waals surface area (Å²) in [5.41, 5.74) is 3.13. The summed E-state index contributed by atoms with van der Waals surface area (Å²) < 4.78 is 6.96. The van der Waals surface area contributed by atoms with E-state index < -0.39 is 5.97 Å². The molecule has 1 saturated heterocycles. The van der Waals surface area contributed by atoms with Crippen molar-refractivity contribution >= 4 is 5.97 Å². The van der Waals surface area contributed by atoms with Crippen LogP contribution in [0, 0.1) is 0 Å². The molecule has 0 amide bonds. The lowest BCUT2D eigenvalue weighted by atomic mass is 10.1. The van der Waals surface area contributed by atoms with Crippen molar-refractivity contribution in [3.8, 4) is 11.3 Å². The molecule has 1 aliphatic rings. The number of nitrogens with zero attached hydrogens (tertiary/aromatic N) is 3. The van der Waals surface area contributed by atoms with Gasteiger partial charge in [0.1, 0.15) is 0 Å². The molecule has 0 spiro atoms. The van der Waals surface area contributed by atoms with Crippen LogP contribution < -0.4 is 0 Å². The van der Waals surface area contributed by atoms with Gasteiger partial charge in [-0.3, -0.25) is 9.58 Å². The Hall–Kier alpha value is -2.18. The maximum absolute atomic E-state index is 11.0. The number of carboxylic acids is 1. The normalized spacial score (nSPS) is 15.7. The van der Waals surface area contributed by atoms with Gasteiger partial charge in [0.2, 0.25) is 0 Å². The monoisotopic (exact) mass is 315 g/mol. The van der Waals surface area contributed by atoms with Crippen molar-refractivity contribution in [2.45, 2.75) is 6.42 Å². The number of carbonyl (C=O) groups is 1. The molecule has 1 aromatic carbocycles. The number of aryl methyl sites for hydroxylation is 1. The smallest absolute Gasteiger partial charge is 0.356 e. The van der Waals surface area contributed by atoms with E-state index >= 15 is 0 Å². The molecule has 0 unspecified atom stereocenters. The number of ether oxygens (including phenoxy) is 1. The molecular weight excluding hydrogens is 294 g/mol. The SMILES string of the molecule is Cn1nc(C(=O)O)cc1-c1ccc(CCN2CCOCC2)cc1. The Bertz CT molecular complexity index is 673. The van der Waals surface area contributed by atoms with Gasteiger partial charge in [-0.05, 0) is 23.6 Å². The molecule has 1 N–H and O–H groups in total. The van der Waals surface area contributed by atoms with E-state index in [0.717, 1.165) is 50.5 Å². The molecule has 0 atom stereocenters. The van der Waals surface area contributed by atoms with Gasteiger partial charge in [0.25, 0.3) is 0 Å². The number of rotatable bonds is 5. The van der Waals surface area contributed by atoms with Crippen LogP contribution in [-0.4, -0.2) is 58.6 Å². The van der Waals surface area contributed by atoms with Crippen LogP contribution in [0.2, 0.25) is 0 Å². The highest BCUT2D eigenvalue weighted by Crippen LogP contribution is 2.21. The largest absolute Gasteiger partial charge is 0.476 e. The van der Waals surface area contributed by atoms with Gasteiger partial charge in [-0.1, -0.05) is 24.3 Å². The van der Waals surface area contributed by atoms with Gasteiger partial charge in [-0.25, -0.2) is 4.79 Å². The highest BCUT2D eigenvalue weighted by Gasteiger charge is 2.13. The van der Waals surface area contributed by atoms with Crippen LogP contribution in [0.5, 0.6) is 0 Å². The predicted octanol–water partition coefficient (Wildman–Crippen LogP) is 1.66. The molecule has 1 aliphatic heterocycles. The highest BCUT2D eigenvalue weighted by atomic mass is 16.5. The van der Waals surface area contributed by atoms with Gasteiger partial charge in [-0.15, -0.1) is 0 Å². The first-order chi connectivity index (χ1) is 11.1. The van der Waals surface area contributed by atoms with E-state index in [1.807, 2.05) is 12.1 Å². The predicted molar refractivity (Wildman–Crippen MR) is 86.6 cm³/mol. The first-order valence-corrected chi connectivity index (χ1v) is 7.80. The van der Waals surface area contributed by atoms with Gasteiger partial charge < -0.3 is 9.84 Å². The number of aromatic carboxylic acids is 1. The zero-order valence-electron chi connectivity index (χ0n) is 13.2. The van der Waals surface area contributed by atoms with Crippen molar-refractivity contribution in [1.82, 2.24) is 14.7 Å². The van der Waals surface area contributed by atoms with Crippen LogP contribution in [0.4, 0.5) is 0 Å². The van der Waals surface area contributed by atoms with E-state index in [2.05, 4.69) is 22.1 Å². The Morgan fingerprint density at radius 1 is 1.26 bits per heavy atom. The van der Waals surface area contributed by atoms with Crippen molar-refractivity contribution in [3.63, 3.8) is 0 Å². The second-order valence-electron chi connectivity index (χ2n) is 5.74. The van der Waals surface area contributed by atoms with Crippen LogP contribution in [0.1, 0.15) is 16.1 Å². The number of aromatic nitrogens is 2. The minimum absolute atomic E-state index is 0.0684. The maximum Gasteiger partial charge on any atom is 0.356 e. The molecule has 122 valence electrons. The molecule has 0 aliphatic carbocycles. The van der Waals surface area contributed by atoms with Crippen LogP contribution in [0.15, 0.2) is 30.3 Å². The zero-order valence-corrected chi connectivity index (χ0v) is 13.2. The van der Waals surface area contributed by atoms with Crippen LogP contribution >= 0.6 is 0 Å². The van der Waals surface area contributed by atoms with E-state index in [4.69, 9.17) is 9.84 Å². The molecule has 1 aromatic heterocycles. The number of benzene rings is 1. The summed E-state index contributed by atoms with van der Waals surface area (Å²) in [6.07, 6.45) is 1.01. The van der Waals surface area contributed by atoms with Gasteiger partial charge in [0.05, 0.1) is 18.9 Å². The van der Waals surface area contributed by atoms with Crippen LogP contribution in [-0.2, 0) is 18.2 Å². The Morgan fingerprint density at radius 2 is 1.96 bits per heavy atom. The van der Waals surface area contributed by atoms with E-state index in [-0.39, 0.29) is 5.69 Å². The Balaban J connectivity index is 1.65. The second kappa shape index (κ2) is 6.93. The second-order valence-corrected chi connectivity index (χ2v) is 5.74. The zero-order chi connectivity index (χ0) is 16.2. The van der Waals surface area contributed by atoms with Gasteiger partial charge in [-0.2, -0.15) is 5.10 Å². The lowest BCUT2D eigenvalue weighted by Crippen LogP contribution is -2.37. The third-order valence-corrected chi connectivity index (χ3v) is 4.17. The van der Waals surface area contributed by atoms with E-state index in [9.17, 15) is 4.79 Å². The fourth-order valence-corrected chi connectivity index (χ4v) is 2.80. The van der Waals surface area contributed by atoms with Gasteiger partial charge in [0, 0.05) is 26.7 Å². The van der Waals surface area contributed by atoms with Crippen LogP contribution in [0.3, 0.4) is 0 Å². The van der Waals surface area contributed by atoms with Crippen molar-refractivity contribution < 1.29 is 14.6 Å². The van der Waals surface area contributed by atoms with E-state index in [1.165, 1.54) is 5.56 Å².